The molecule has 0 aromatic heterocycles. The van der Waals surface area contributed by atoms with Crippen molar-refractivity contribution in [3.05, 3.63) is 28.2 Å². The summed E-state index contributed by atoms with van der Waals surface area (Å²) in [6.45, 7) is 5.57. The van der Waals surface area contributed by atoms with Crippen molar-refractivity contribution >= 4 is 15.9 Å². The molecule has 0 radical (unpaired) electrons. The third-order valence-electron chi connectivity index (χ3n) is 2.98. The van der Waals surface area contributed by atoms with Crippen molar-refractivity contribution in [2.24, 2.45) is 11.7 Å². The van der Waals surface area contributed by atoms with Gasteiger partial charge in [-0.3, -0.25) is 0 Å². The number of ether oxygens (including phenoxy) is 2. The Labute approximate surface area is 124 Å². The van der Waals surface area contributed by atoms with E-state index in [1.54, 1.807) is 7.11 Å². The van der Waals surface area contributed by atoms with Crippen LogP contribution in [0.1, 0.15) is 38.3 Å². The highest BCUT2D eigenvalue weighted by Crippen LogP contribution is 2.29. The van der Waals surface area contributed by atoms with Gasteiger partial charge in [-0.15, -0.1) is 0 Å². The smallest absolute Gasteiger partial charge is 0.133 e. The lowest BCUT2D eigenvalue weighted by atomic mass is 9.98. The van der Waals surface area contributed by atoms with E-state index in [-0.39, 0.29) is 6.04 Å². The molecule has 0 saturated heterocycles. The topological polar surface area (TPSA) is 44.5 Å². The molecule has 2 N–H and O–H groups in total. The number of hydrogen-bond acceptors (Lipinski definition) is 3. The van der Waals surface area contributed by atoms with E-state index < -0.39 is 0 Å². The number of hydrogen-bond donors (Lipinski definition) is 1. The molecule has 1 aromatic rings. The summed E-state index contributed by atoms with van der Waals surface area (Å²) in [5.41, 5.74) is 7.35. The lowest BCUT2D eigenvalue weighted by Crippen LogP contribution is -2.11. The van der Waals surface area contributed by atoms with Gasteiger partial charge in [-0.05, 0) is 52.4 Å². The van der Waals surface area contributed by atoms with Crippen molar-refractivity contribution in [3.63, 3.8) is 0 Å². The van der Waals surface area contributed by atoms with Gasteiger partial charge in [0.25, 0.3) is 0 Å². The monoisotopic (exact) mass is 329 g/mol. The molecule has 0 fully saturated rings. The molecular weight excluding hydrogens is 306 g/mol. The number of methoxy groups -OCH3 is 1. The minimum absolute atomic E-state index is 0.0896. The maximum Gasteiger partial charge on any atom is 0.133 e. The Morgan fingerprint density at radius 3 is 2.53 bits per heavy atom. The molecule has 3 nitrogen and oxygen atoms in total. The van der Waals surface area contributed by atoms with Crippen LogP contribution < -0.4 is 10.5 Å². The van der Waals surface area contributed by atoms with Crippen LogP contribution in [0, 0.1) is 5.92 Å². The van der Waals surface area contributed by atoms with Gasteiger partial charge >= 0.3 is 0 Å². The second-order valence-electron chi connectivity index (χ2n) is 5.11. The average Bonchev–Trinajstić information content (AvgIpc) is 2.38. The fourth-order valence-electron chi connectivity index (χ4n) is 1.78. The summed E-state index contributed by atoms with van der Waals surface area (Å²) < 4.78 is 11.5. The Morgan fingerprint density at radius 1 is 1.21 bits per heavy atom. The Kier molecular flexibility index (Phi) is 7.42. The fraction of sp³-hybridized carbons (Fsp3) is 0.600. The predicted octanol–water partition coefficient (Wildman–Crippen LogP) is 3.91. The molecule has 0 heterocycles. The summed E-state index contributed by atoms with van der Waals surface area (Å²) in [6.07, 6.45) is 2.15. The number of nitrogens with two attached hydrogens (primary N) is 1. The van der Waals surface area contributed by atoms with E-state index in [2.05, 4.69) is 29.8 Å². The lowest BCUT2D eigenvalue weighted by molar-refractivity contribution is 0.146. The normalized spacial score (nSPS) is 12.7. The van der Waals surface area contributed by atoms with Crippen LogP contribution in [-0.4, -0.2) is 20.3 Å². The SMILES string of the molecule is COCCOc1ccc(C(N)CCC(C)C)cc1Br. The maximum absolute atomic E-state index is 6.20. The van der Waals surface area contributed by atoms with Crippen LogP contribution >= 0.6 is 15.9 Å². The van der Waals surface area contributed by atoms with Gasteiger partial charge in [-0.25, -0.2) is 0 Å². The van der Waals surface area contributed by atoms with E-state index >= 15 is 0 Å². The molecule has 19 heavy (non-hydrogen) atoms. The van der Waals surface area contributed by atoms with Gasteiger partial charge in [0.15, 0.2) is 0 Å². The van der Waals surface area contributed by atoms with Crippen molar-refractivity contribution < 1.29 is 9.47 Å². The van der Waals surface area contributed by atoms with E-state index in [0.29, 0.717) is 19.1 Å². The molecular formula is C15H24BrNO2. The van der Waals surface area contributed by atoms with E-state index in [4.69, 9.17) is 15.2 Å². The summed E-state index contributed by atoms with van der Waals surface area (Å²) in [5.74, 6) is 1.52. The average molecular weight is 330 g/mol. The quantitative estimate of drug-likeness (QED) is 0.735. The van der Waals surface area contributed by atoms with E-state index in [0.717, 1.165) is 28.6 Å². The maximum atomic E-state index is 6.20. The summed E-state index contributed by atoms with van der Waals surface area (Å²) in [7, 11) is 1.66. The molecule has 0 aliphatic rings. The van der Waals surface area contributed by atoms with Crippen molar-refractivity contribution in [2.75, 3.05) is 20.3 Å². The summed E-state index contributed by atoms with van der Waals surface area (Å²) >= 11 is 3.53. The number of halogens is 1. The molecule has 108 valence electrons. The molecule has 0 spiro atoms. The zero-order valence-electron chi connectivity index (χ0n) is 12.0. The number of benzene rings is 1. The minimum atomic E-state index is 0.0896. The third kappa shape index (κ3) is 5.93. The first-order chi connectivity index (χ1) is 9.04. The van der Waals surface area contributed by atoms with Crippen molar-refractivity contribution in [1.82, 2.24) is 0 Å². The van der Waals surface area contributed by atoms with E-state index in [9.17, 15) is 0 Å². The van der Waals surface area contributed by atoms with Crippen LogP contribution in [0.2, 0.25) is 0 Å². The zero-order valence-corrected chi connectivity index (χ0v) is 13.6. The second-order valence-corrected chi connectivity index (χ2v) is 5.96. The summed E-state index contributed by atoms with van der Waals surface area (Å²) in [4.78, 5) is 0. The highest BCUT2D eigenvalue weighted by molar-refractivity contribution is 9.10. The van der Waals surface area contributed by atoms with E-state index in [1.165, 1.54) is 0 Å². The molecule has 1 rings (SSSR count). The van der Waals surface area contributed by atoms with E-state index in [1.807, 2.05) is 18.2 Å². The molecule has 0 aliphatic carbocycles. The fourth-order valence-corrected chi connectivity index (χ4v) is 2.29. The Bertz CT molecular complexity index is 382. The lowest BCUT2D eigenvalue weighted by Gasteiger charge is -2.15. The Morgan fingerprint density at radius 2 is 1.95 bits per heavy atom. The first kappa shape index (κ1) is 16.5. The van der Waals surface area contributed by atoms with Crippen molar-refractivity contribution in [2.45, 2.75) is 32.7 Å². The number of rotatable bonds is 8. The first-order valence-corrected chi connectivity index (χ1v) is 7.50. The molecule has 0 aliphatic heterocycles. The highest BCUT2D eigenvalue weighted by atomic mass is 79.9. The first-order valence-electron chi connectivity index (χ1n) is 6.71. The summed E-state index contributed by atoms with van der Waals surface area (Å²) in [5, 5.41) is 0. The van der Waals surface area contributed by atoms with Gasteiger partial charge in [0.1, 0.15) is 12.4 Å². The summed E-state index contributed by atoms with van der Waals surface area (Å²) in [6, 6.07) is 6.14. The van der Waals surface area contributed by atoms with Crippen LogP contribution in [0.4, 0.5) is 0 Å². The molecule has 0 saturated carbocycles. The largest absolute Gasteiger partial charge is 0.490 e. The predicted molar refractivity (Wildman–Crippen MR) is 82.5 cm³/mol. The Hall–Kier alpha value is -0.580. The van der Waals surface area contributed by atoms with Gasteiger partial charge in [0.2, 0.25) is 0 Å². The van der Waals surface area contributed by atoms with Gasteiger partial charge in [0, 0.05) is 13.2 Å². The van der Waals surface area contributed by atoms with Gasteiger partial charge in [-0.2, -0.15) is 0 Å². The molecule has 4 heteroatoms. The standard InChI is InChI=1S/C15H24BrNO2/c1-11(2)4-6-14(17)12-5-7-15(13(16)10-12)19-9-8-18-3/h5,7,10-11,14H,4,6,8-9,17H2,1-3H3. The van der Waals surface area contributed by atoms with Crippen LogP contribution in [-0.2, 0) is 4.74 Å². The third-order valence-corrected chi connectivity index (χ3v) is 3.60. The van der Waals surface area contributed by atoms with Crippen LogP contribution in [0.15, 0.2) is 22.7 Å². The molecule has 1 aromatic carbocycles. The van der Waals surface area contributed by atoms with Gasteiger partial charge in [0.05, 0.1) is 11.1 Å². The molecule has 0 amide bonds. The highest BCUT2D eigenvalue weighted by Gasteiger charge is 2.10. The zero-order chi connectivity index (χ0) is 14.3. The van der Waals surface area contributed by atoms with Crippen molar-refractivity contribution in [3.8, 4) is 5.75 Å². The molecule has 0 bridgehead atoms. The van der Waals surface area contributed by atoms with Gasteiger partial charge < -0.3 is 15.2 Å². The minimum Gasteiger partial charge on any atom is -0.490 e. The van der Waals surface area contributed by atoms with Crippen LogP contribution in [0.3, 0.4) is 0 Å². The van der Waals surface area contributed by atoms with Gasteiger partial charge in [-0.1, -0.05) is 19.9 Å². The van der Waals surface area contributed by atoms with Crippen LogP contribution in [0.25, 0.3) is 0 Å². The second kappa shape index (κ2) is 8.56. The van der Waals surface area contributed by atoms with Crippen molar-refractivity contribution in [1.29, 1.82) is 0 Å². The van der Waals surface area contributed by atoms with Crippen LogP contribution in [0.5, 0.6) is 5.75 Å². The molecule has 1 unspecified atom stereocenters. The molecule has 1 atom stereocenters. The Balaban J connectivity index is 2.59.